The lowest BCUT2D eigenvalue weighted by Crippen LogP contribution is -2.42. The Hall–Kier alpha value is -2.85. The average molecular weight is 530 g/mol. The number of carbonyl (C=O) groups is 2. The number of nitrogens with one attached hydrogen (secondary N) is 1. The van der Waals surface area contributed by atoms with Crippen LogP contribution < -0.4 is 10.1 Å². The number of hydrogen-bond donors (Lipinski definition) is 1. The fourth-order valence-corrected chi connectivity index (χ4v) is 6.89. The van der Waals surface area contributed by atoms with E-state index in [1.54, 1.807) is 55.6 Å². The van der Waals surface area contributed by atoms with Crippen LogP contribution in [-0.2, 0) is 26.0 Å². The number of anilines is 1. The van der Waals surface area contributed by atoms with Gasteiger partial charge in [-0.1, -0.05) is 56.1 Å². The van der Waals surface area contributed by atoms with Gasteiger partial charge in [0.05, 0.1) is 12.0 Å². The normalized spacial score (nSPS) is 20.1. The number of thioether (sulfide) groups is 1. The summed E-state index contributed by atoms with van der Waals surface area (Å²) < 4.78 is 35.5. The molecule has 2 fully saturated rings. The minimum Gasteiger partial charge on any atom is -0.497 e. The van der Waals surface area contributed by atoms with Gasteiger partial charge >= 0.3 is 0 Å². The molecule has 192 valence electrons. The van der Waals surface area contributed by atoms with E-state index in [-0.39, 0.29) is 34.3 Å². The van der Waals surface area contributed by atoms with E-state index in [1.807, 2.05) is 6.92 Å². The van der Waals surface area contributed by atoms with Gasteiger partial charge in [-0.25, -0.2) is 0 Å². The van der Waals surface area contributed by atoms with Crippen molar-refractivity contribution in [3.63, 3.8) is 0 Å². The first-order chi connectivity index (χ1) is 17.3. The van der Waals surface area contributed by atoms with Crippen LogP contribution in [-0.4, -0.2) is 48.7 Å². The fraction of sp³-hybridized carbons (Fsp3) is 0.423. The zero-order valence-corrected chi connectivity index (χ0v) is 22.1. The predicted molar refractivity (Wildman–Crippen MR) is 142 cm³/mol. The third-order valence-corrected chi connectivity index (χ3v) is 9.01. The maximum atomic E-state index is 13.4. The largest absolute Gasteiger partial charge is 0.497 e. The standard InChI is InChI=1S/C26H31N3O5S2/c1-3-18-12-14-22(15-13-18)36(32,33)28-26-29(20-9-5-4-6-10-20)25(31)23(35-26)17-24(30)27-19-8-7-11-21(16-19)34-2/h7-8,11-16,20,23H,3-6,9-10,17H2,1-2H3,(H,27,30)/t23-/m1/s1. The fourth-order valence-electron chi connectivity index (χ4n) is 4.49. The summed E-state index contributed by atoms with van der Waals surface area (Å²) in [6, 6.07) is 13.5. The van der Waals surface area contributed by atoms with Crippen LogP contribution in [0.4, 0.5) is 5.69 Å². The Bertz CT molecular complexity index is 1240. The first-order valence-electron chi connectivity index (χ1n) is 12.2. The van der Waals surface area contributed by atoms with Crippen molar-refractivity contribution in [3.8, 4) is 5.75 Å². The molecule has 2 amide bonds. The Balaban J connectivity index is 1.56. The summed E-state index contributed by atoms with van der Waals surface area (Å²) in [5.41, 5.74) is 1.59. The number of hydrogen-bond acceptors (Lipinski definition) is 6. The number of carbonyl (C=O) groups excluding carboxylic acids is 2. The van der Waals surface area contributed by atoms with Crippen molar-refractivity contribution in [2.45, 2.75) is 68.1 Å². The molecule has 0 unspecified atom stereocenters. The summed E-state index contributed by atoms with van der Waals surface area (Å²) in [6.07, 6.45) is 5.32. The summed E-state index contributed by atoms with van der Waals surface area (Å²) >= 11 is 1.06. The number of nitrogens with zero attached hydrogens (tertiary/aromatic N) is 2. The molecule has 1 N–H and O–H groups in total. The van der Waals surface area contributed by atoms with Crippen LogP contribution in [0.1, 0.15) is 51.0 Å². The van der Waals surface area contributed by atoms with Gasteiger partial charge in [0.1, 0.15) is 11.0 Å². The van der Waals surface area contributed by atoms with E-state index >= 15 is 0 Å². The third-order valence-electron chi connectivity index (χ3n) is 6.46. The average Bonchev–Trinajstić information content (AvgIpc) is 3.17. The highest BCUT2D eigenvalue weighted by atomic mass is 32.2. The summed E-state index contributed by atoms with van der Waals surface area (Å²) in [7, 11) is -2.47. The zero-order chi connectivity index (χ0) is 25.7. The van der Waals surface area contributed by atoms with Gasteiger partial charge in [0, 0.05) is 24.2 Å². The molecule has 36 heavy (non-hydrogen) atoms. The number of benzene rings is 2. The topological polar surface area (TPSA) is 105 Å². The second-order valence-corrected chi connectivity index (χ2v) is 11.7. The number of aryl methyl sites for hydroxylation is 1. The van der Waals surface area contributed by atoms with Crippen LogP contribution in [0, 0.1) is 0 Å². The lowest BCUT2D eigenvalue weighted by molar-refractivity contribution is -0.130. The molecule has 0 radical (unpaired) electrons. The second-order valence-electron chi connectivity index (χ2n) is 8.94. The molecule has 0 bridgehead atoms. The highest BCUT2D eigenvalue weighted by Gasteiger charge is 2.43. The number of amides is 2. The molecule has 2 aromatic carbocycles. The lowest BCUT2D eigenvalue weighted by Gasteiger charge is -2.30. The lowest BCUT2D eigenvalue weighted by atomic mass is 9.94. The van der Waals surface area contributed by atoms with Gasteiger partial charge in [0.2, 0.25) is 11.8 Å². The molecular weight excluding hydrogens is 498 g/mol. The molecule has 4 rings (SSSR count). The van der Waals surface area contributed by atoms with Crippen molar-refractivity contribution in [2.75, 3.05) is 12.4 Å². The molecule has 1 aliphatic heterocycles. The molecule has 2 aromatic rings. The van der Waals surface area contributed by atoms with Crippen molar-refractivity contribution < 1.29 is 22.7 Å². The maximum absolute atomic E-state index is 13.4. The van der Waals surface area contributed by atoms with Gasteiger partial charge in [0.25, 0.3) is 10.0 Å². The quantitative estimate of drug-likeness (QED) is 0.536. The first kappa shape index (κ1) is 26.2. The van der Waals surface area contributed by atoms with Gasteiger partial charge in [-0.05, 0) is 49.1 Å². The van der Waals surface area contributed by atoms with Gasteiger partial charge in [-0.15, -0.1) is 4.40 Å². The van der Waals surface area contributed by atoms with Gasteiger partial charge in [-0.2, -0.15) is 8.42 Å². The Labute approximate surface area is 216 Å². The second kappa shape index (κ2) is 11.5. The SMILES string of the molecule is CCc1ccc(S(=O)(=O)N=C2S[C@H](CC(=O)Nc3cccc(OC)c3)C(=O)N2C2CCCCC2)cc1. The van der Waals surface area contributed by atoms with E-state index in [9.17, 15) is 18.0 Å². The minimum atomic E-state index is -4.01. The third kappa shape index (κ3) is 6.10. The van der Waals surface area contributed by atoms with Gasteiger partial charge < -0.3 is 10.1 Å². The van der Waals surface area contributed by atoms with Crippen molar-refractivity contribution in [3.05, 3.63) is 54.1 Å². The highest BCUT2D eigenvalue weighted by Crippen LogP contribution is 2.36. The van der Waals surface area contributed by atoms with Crippen LogP contribution in [0.2, 0.25) is 0 Å². The molecule has 1 heterocycles. The van der Waals surface area contributed by atoms with Crippen LogP contribution in [0.25, 0.3) is 0 Å². The van der Waals surface area contributed by atoms with Crippen molar-refractivity contribution in [1.29, 1.82) is 0 Å². The Morgan fingerprint density at radius 3 is 2.53 bits per heavy atom. The number of amidine groups is 1. The number of rotatable bonds is 8. The molecule has 1 saturated carbocycles. The molecule has 1 saturated heterocycles. The van der Waals surface area contributed by atoms with Gasteiger partial charge in [-0.3, -0.25) is 14.5 Å². The van der Waals surface area contributed by atoms with Gasteiger partial charge in [0.15, 0.2) is 5.17 Å². The molecule has 1 aliphatic carbocycles. The maximum Gasteiger partial charge on any atom is 0.284 e. The van der Waals surface area contributed by atoms with Crippen LogP contribution in [0.15, 0.2) is 57.8 Å². The number of sulfonamides is 1. The van der Waals surface area contributed by atoms with Crippen LogP contribution in [0.3, 0.4) is 0 Å². The molecule has 0 spiro atoms. The summed E-state index contributed by atoms with van der Waals surface area (Å²) in [5.74, 6) is 0.00844. The van der Waals surface area contributed by atoms with Crippen molar-refractivity contribution >= 4 is 44.5 Å². The summed E-state index contributed by atoms with van der Waals surface area (Å²) in [5, 5.41) is 2.21. The Morgan fingerprint density at radius 1 is 1.14 bits per heavy atom. The molecular formula is C26H31N3O5S2. The Morgan fingerprint density at radius 2 is 1.86 bits per heavy atom. The van der Waals surface area contributed by atoms with E-state index < -0.39 is 15.3 Å². The number of methoxy groups -OCH3 is 1. The molecule has 1 atom stereocenters. The van der Waals surface area contributed by atoms with E-state index in [0.717, 1.165) is 55.9 Å². The molecule has 8 nitrogen and oxygen atoms in total. The van der Waals surface area contributed by atoms with Crippen molar-refractivity contribution in [2.24, 2.45) is 4.40 Å². The van der Waals surface area contributed by atoms with E-state index in [0.29, 0.717) is 11.4 Å². The van der Waals surface area contributed by atoms with E-state index in [1.165, 1.54) is 4.90 Å². The smallest absolute Gasteiger partial charge is 0.284 e. The van der Waals surface area contributed by atoms with E-state index in [4.69, 9.17) is 4.74 Å². The predicted octanol–water partition coefficient (Wildman–Crippen LogP) is 4.61. The summed E-state index contributed by atoms with van der Waals surface area (Å²) in [4.78, 5) is 27.8. The molecule has 0 aromatic heterocycles. The highest BCUT2D eigenvalue weighted by molar-refractivity contribution is 8.16. The van der Waals surface area contributed by atoms with Crippen LogP contribution >= 0.6 is 11.8 Å². The van der Waals surface area contributed by atoms with Crippen LogP contribution in [0.5, 0.6) is 5.75 Å². The van der Waals surface area contributed by atoms with E-state index in [2.05, 4.69) is 9.71 Å². The monoisotopic (exact) mass is 529 g/mol. The first-order valence-corrected chi connectivity index (χ1v) is 14.5. The molecule has 2 aliphatic rings. The Kier molecular flexibility index (Phi) is 8.35. The zero-order valence-electron chi connectivity index (χ0n) is 20.5. The number of ether oxygens (including phenoxy) is 1. The van der Waals surface area contributed by atoms with Crippen molar-refractivity contribution in [1.82, 2.24) is 4.90 Å². The molecule has 10 heteroatoms. The summed E-state index contributed by atoms with van der Waals surface area (Å²) in [6.45, 7) is 2.00. The minimum absolute atomic E-state index is 0.0862.